The van der Waals surface area contributed by atoms with Gasteiger partial charge in [-0.3, -0.25) is 14.5 Å². The van der Waals surface area contributed by atoms with Crippen LogP contribution in [0.25, 0.3) is 0 Å². The van der Waals surface area contributed by atoms with Gasteiger partial charge in [-0.05, 0) is 67.0 Å². The van der Waals surface area contributed by atoms with Gasteiger partial charge in [0.25, 0.3) is 5.91 Å². The smallest absolute Gasteiger partial charge is 0.416 e. The van der Waals surface area contributed by atoms with Crippen LogP contribution in [0.3, 0.4) is 0 Å². The van der Waals surface area contributed by atoms with Gasteiger partial charge in [0.2, 0.25) is 11.6 Å². The van der Waals surface area contributed by atoms with Crippen LogP contribution < -0.4 is 15.4 Å². The van der Waals surface area contributed by atoms with Gasteiger partial charge in [-0.15, -0.1) is 0 Å². The average molecular weight is 675 g/mol. The standard InChI is InChI=1S/C36H46F4N4O4/c1-3-23-19-43(20-30(23)29-9-6-26(36(38,39)40)18-32(29)42-14-10-25(11-15-42)33(41)45)34(46)35(37)22-44(27-12-16-48-17-13-27)21-31(35)24-4-7-28(47-2)8-5-24/h4-9,18,23,25,27,30-31H,3,10-17,19-22H2,1-2H3,(H2,41,45)/t23-,30-,31-,35-/m0/s1. The molecule has 2 N–H and O–H groups in total. The van der Waals surface area contributed by atoms with Gasteiger partial charge in [-0.25, -0.2) is 4.39 Å². The van der Waals surface area contributed by atoms with Crippen molar-refractivity contribution in [2.75, 3.05) is 64.5 Å². The van der Waals surface area contributed by atoms with Crippen molar-refractivity contribution >= 4 is 17.5 Å². The Labute approximate surface area is 279 Å². The van der Waals surface area contributed by atoms with E-state index in [0.29, 0.717) is 70.1 Å². The molecule has 48 heavy (non-hydrogen) atoms. The molecule has 4 heterocycles. The van der Waals surface area contributed by atoms with Gasteiger partial charge in [0.15, 0.2) is 0 Å². The van der Waals surface area contributed by atoms with Crippen LogP contribution in [-0.4, -0.2) is 92.9 Å². The lowest BCUT2D eigenvalue weighted by atomic mass is 9.84. The number of anilines is 1. The zero-order valence-electron chi connectivity index (χ0n) is 27.7. The lowest BCUT2D eigenvalue weighted by molar-refractivity contribution is -0.143. The Morgan fingerprint density at radius 2 is 1.69 bits per heavy atom. The number of amides is 2. The summed E-state index contributed by atoms with van der Waals surface area (Å²) in [4.78, 5) is 31.9. The minimum absolute atomic E-state index is 0.0223. The summed E-state index contributed by atoms with van der Waals surface area (Å²) in [6.07, 6.45) is -1.39. The summed E-state index contributed by atoms with van der Waals surface area (Å²) < 4.78 is 70.3. The molecule has 8 nitrogen and oxygen atoms in total. The number of carbonyl (C=O) groups is 2. The molecule has 2 aromatic carbocycles. The summed E-state index contributed by atoms with van der Waals surface area (Å²) in [7, 11) is 1.57. The quantitative estimate of drug-likeness (QED) is 0.380. The van der Waals surface area contributed by atoms with Crippen LogP contribution in [0.1, 0.15) is 67.6 Å². The maximum Gasteiger partial charge on any atom is 0.416 e. The number of carbonyl (C=O) groups excluding carboxylic acids is 2. The summed E-state index contributed by atoms with van der Waals surface area (Å²) in [5.41, 5.74) is 4.51. The van der Waals surface area contributed by atoms with Crippen molar-refractivity contribution < 1.29 is 36.6 Å². The summed E-state index contributed by atoms with van der Waals surface area (Å²) in [6.45, 7) is 4.91. The highest BCUT2D eigenvalue weighted by atomic mass is 19.4. The van der Waals surface area contributed by atoms with Crippen molar-refractivity contribution in [3.05, 3.63) is 59.2 Å². The molecule has 2 aromatic rings. The van der Waals surface area contributed by atoms with Crippen LogP contribution >= 0.6 is 0 Å². The van der Waals surface area contributed by atoms with Gasteiger partial charge >= 0.3 is 6.18 Å². The minimum Gasteiger partial charge on any atom is -0.497 e. The Morgan fingerprint density at radius 3 is 2.29 bits per heavy atom. The number of benzene rings is 2. The Morgan fingerprint density at radius 1 is 1.00 bits per heavy atom. The number of methoxy groups -OCH3 is 1. The second-order valence-electron chi connectivity index (χ2n) is 13.9. The molecule has 0 unspecified atom stereocenters. The number of likely N-dealkylation sites (tertiary alicyclic amines) is 2. The monoisotopic (exact) mass is 674 g/mol. The number of rotatable bonds is 8. The predicted molar refractivity (Wildman–Crippen MR) is 174 cm³/mol. The lowest BCUT2D eigenvalue weighted by Gasteiger charge is -2.35. The number of hydrogen-bond donors (Lipinski definition) is 1. The Balaban J connectivity index is 1.30. The Bertz CT molecular complexity index is 1460. The van der Waals surface area contributed by atoms with E-state index in [1.807, 2.05) is 24.0 Å². The summed E-state index contributed by atoms with van der Waals surface area (Å²) >= 11 is 0. The molecule has 4 fully saturated rings. The fourth-order valence-corrected chi connectivity index (χ4v) is 8.38. The van der Waals surface area contributed by atoms with Gasteiger partial charge in [0.1, 0.15) is 5.75 Å². The summed E-state index contributed by atoms with van der Waals surface area (Å²) in [5, 5.41) is 0. The highest BCUT2D eigenvalue weighted by Crippen LogP contribution is 2.47. The maximum atomic E-state index is 17.6. The summed E-state index contributed by atoms with van der Waals surface area (Å²) in [5.74, 6) is -1.66. The average Bonchev–Trinajstić information content (AvgIpc) is 3.70. The van der Waals surface area contributed by atoms with E-state index in [0.717, 1.165) is 30.0 Å². The number of alkyl halides is 4. The van der Waals surface area contributed by atoms with Crippen molar-refractivity contribution in [3.63, 3.8) is 0 Å². The van der Waals surface area contributed by atoms with Crippen LogP contribution in [0, 0.1) is 11.8 Å². The molecule has 4 atom stereocenters. The fourth-order valence-electron chi connectivity index (χ4n) is 8.38. The van der Waals surface area contributed by atoms with E-state index in [9.17, 15) is 22.8 Å². The number of ether oxygens (including phenoxy) is 2. The predicted octanol–water partition coefficient (Wildman–Crippen LogP) is 5.35. The van der Waals surface area contributed by atoms with Crippen LogP contribution in [0.5, 0.6) is 5.75 Å². The van der Waals surface area contributed by atoms with E-state index < -0.39 is 35.1 Å². The molecule has 12 heteroatoms. The van der Waals surface area contributed by atoms with Crippen LogP contribution in [0.2, 0.25) is 0 Å². The van der Waals surface area contributed by atoms with Gasteiger partial charge in [0.05, 0.1) is 12.7 Å². The van der Waals surface area contributed by atoms with E-state index in [2.05, 4.69) is 4.90 Å². The van der Waals surface area contributed by atoms with Crippen molar-refractivity contribution in [1.82, 2.24) is 9.80 Å². The zero-order valence-corrected chi connectivity index (χ0v) is 27.7. The molecule has 4 aliphatic heterocycles. The first kappa shape index (κ1) is 34.5. The second-order valence-corrected chi connectivity index (χ2v) is 13.9. The van der Waals surface area contributed by atoms with E-state index in [4.69, 9.17) is 15.2 Å². The van der Waals surface area contributed by atoms with E-state index in [-0.39, 0.29) is 36.9 Å². The van der Waals surface area contributed by atoms with Crippen molar-refractivity contribution in [1.29, 1.82) is 0 Å². The largest absolute Gasteiger partial charge is 0.497 e. The molecule has 262 valence electrons. The molecular formula is C36H46F4N4O4. The second kappa shape index (κ2) is 13.9. The fraction of sp³-hybridized carbons (Fsp3) is 0.611. The van der Waals surface area contributed by atoms with Crippen molar-refractivity contribution in [2.45, 2.75) is 68.8 Å². The highest BCUT2D eigenvalue weighted by molar-refractivity contribution is 5.88. The lowest BCUT2D eigenvalue weighted by Crippen LogP contribution is -2.50. The van der Waals surface area contributed by atoms with Gasteiger partial charge < -0.3 is 25.0 Å². The molecule has 0 saturated carbocycles. The van der Waals surface area contributed by atoms with E-state index in [1.165, 1.54) is 12.1 Å². The molecule has 0 spiro atoms. The van der Waals surface area contributed by atoms with Crippen molar-refractivity contribution in [2.24, 2.45) is 17.6 Å². The maximum absolute atomic E-state index is 17.6. The molecule has 0 radical (unpaired) electrons. The number of piperidine rings is 1. The van der Waals surface area contributed by atoms with E-state index >= 15 is 4.39 Å². The first-order valence-corrected chi connectivity index (χ1v) is 17.1. The number of nitrogens with zero attached hydrogens (tertiary/aromatic N) is 3. The molecule has 0 aliphatic carbocycles. The molecule has 0 aromatic heterocycles. The number of halogens is 4. The van der Waals surface area contributed by atoms with Gasteiger partial charge in [-0.2, -0.15) is 13.2 Å². The summed E-state index contributed by atoms with van der Waals surface area (Å²) in [6, 6.07) is 11.2. The molecule has 2 amide bonds. The van der Waals surface area contributed by atoms with E-state index in [1.54, 1.807) is 24.1 Å². The third kappa shape index (κ3) is 6.75. The van der Waals surface area contributed by atoms with Crippen molar-refractivity contribution in [3.8, 4) is 5.75 Å². The molecule has 6 rings (SSSR count). The van der Waals surface area contributed by atoms with Gasteiger partial charge in [0, 0.05) is 82.0 Å². The van der Waals surface area contributed by atoms with Crippen LogP contribution in [-0.2, 0) is 20.5 Å². The normalized spacial score (nSPS) is 27.8. The van der Waals surface area contributed by atoms with Gasteiger partial charge in [-0.1, -0.05) is 31.5 Å². The Kier molecular flexibility index (Phi) is 9.95. The molecule has 4 saturated heterocycles. The molecule has 0 bridgehead atoms. The Hall–Kier alpha value is -3.38. The number of primary amides is 1. The minimum atomic E-state index is -4.53. The highest BCUT2D eigenvalue weighted by Gasteiger charge is 2.57. The third-order valence-electron chi connectivity index (χ3n) is 11.2. The SMILES string of the molecule is CC[C@H]1CN(C(=O)[C@]2(F)CN(C3CCOCC3)C[C@H]2c2ccc(OC)cc2)C[C@@H]1c1ccc(C(F)(F)F)cc1N1CCC(C(N)=O)CC1. The third-order valence-corrected chi connectivity index (χ3v) is 11.2. The topological polar surface area (TPSA) is 88.3 Å². The molecule has 4 aliphatic rings. The first-order valence-electron chi connectivity index (χ1n) is 17.1. The number of nitrogens with two attached hydrogens (primary N) is 1. The molecular weight excluding hydrogens is 628 g/mol. The zero-order chi connectivity index (χ0) is 34.2. The number of hydrogen-bond acceptors (Lipinski definition) is 6. The van der Waals surface area contributed by atoms with Crippen LogP contribution in [0.4, 0.5) is 23.2 Å². The van der Waals surface area contributed by atoms with Crippen LogP contribution in [0.15, 0.2) is 42.5 Å². The first-order chi connectivity index (χ1) is 22.9.